The van der Waals surface area contributed by atoms with Crippen molar-refractivity contribution in [1.29, 1.82) is 0 Å². The SMILES string of the molecule is Cc1cc(C(C)Nc2ccccc2C(=O)O)c2oc(N3CCCC4(CCOCC4)C3)cc(=O)c2c1. The van der Waals surface area contributed by atoms with Gasteiger partial charge in [-0.15, -0.1) is 0 Å². The summed E-state index contributed by atoms with van der Waals surface area (Å²) in [5.74, 6) is -0.383. The van der Waals surface area contributed by atoms with Crippen molar-refractivity contribution >= 4 is 28.5 Å². The summed E-state index contributed by atoms with van der Waals surface area (Å²) in [4.78, 5) is 27.1. The number of aryl methyl sites for hydroxylation is 1. The Hall–Kier alpha value is -3.32. The first-order chi connectivity index (χ1) is 16.8. The molecule has 1 unspecified atom stereocenters. The summed E-state index contributed by atoms with van der Waals surface area (Å²) in [7, 11) is 0. The zero-order valence-electron chi connectivity index (χ0n) is 20.3. The molecule has 5 rings (SSSR count). The molecule has 2 fully saturated rings. The molecule has 0 amide bonds. The minimum absolute atomic E-state index is 0.0593. The third-order valence-electron chi connectivity index (χ3n) is 7.51. The molecule has 35 heavy (non-hydrogen) atoms. The summed E-state index contributed by atoms with van der Waals surface area (Å²) in [6.07, 6.45) is 4.32. The molecule has 1 aromatic heterocycles. The quantitative estimate of drug-likeness (QED) is 0.511. The lowest BCUT2D eigenvalue weighted by atomic mass is 9.74. The minimum atomic E-state index is -0.990. The molecule has 2 aliphatic heterocycles. The summed E-state index contributed by atoms with van der Waals surface area (Å²) in [6.45, 7) is 7.22. The van der Waals surface area contributed by atoms with Crippen molar-refractivity contribution in [3.05, 3.63) is 69.4 Å². The first-order valence-corrected chi connectivity index (χ1v) is 12.4. The standard InChI is InChI=1S/C28H32N2O5/c1-18-14-21(19(2)29-23-7-4-3-6-20(23)27(32)33)26-22(15-18)24(31)16-25(35-26)30-11-5-8-28(17-30)9-12-34-13-10-28/h3-4,6-7,14-16,19,29H,5,8-13,17H2,1-2H3,(H,32,33). The average Bonchev–Trinajstić information content (AvgIpc) is 2.84. The molecule has 7 nitrogen and oxygen atoms in total. The van der Waals surface area contributed by atoms with E-state index in [2.05, 4.69) is 10.2 Å². The van der Waals surface area contributed by atoms with Crippen molar-refractivity contribution in [2.45, 2.75) is 45.6 Å². The Morgan fingerprint density at radius 2 is 1.91 bits per heavy atom. The van der Waals surface area contributed by atoms with Gasteiger partial charge in [-0.2, -0.15) is 0 Å². The summed E-state index contributed by atoms with van der Waals surface area (Å²) in [6, 6.07) is 12.1. The predicted octanol–water partition coefficient (Wildman–Crippen LogP) is 5.37. The Kier molecular flexibility index (Phi) is 6.28. The Balaban J connectivity index is 1.53. The van der Waals surface area contributed by atoms with Crippen molar-refractivity contribution in [2.75, 3.05) is 36.5 Å². The predicted molar refractivity (Wildman–Crippen MR) is 137 cm³/mol. The lowest BCUT2D eigenvalue weighted by Crippen LogP contribution is -2.46. The number of nitrogens with one attached hydrogen (secondary N) is 1. The number of hydrogen-bond donors (Lipinski definition) is 2. The number of carboxylic acids is 1. The lowest BCUT2D eigenvalue weighted by molar-refractivity contribution is 0.00705. The number of carboxylic acid groups (broad SMARTS) is 1. The van der Waals surface area contributed by atoms with E-state index < -0.39 is 5.97 Å². The van der Waals surface area contributed by atoms with Crippen LogP contribution in [-0.2, 0) is 4.74 Å². The van der Waals surface area contributed by atoms with E-state index in [4.69, 9.17) is 9.15 Å². The van der Waals surface area contributed by atoms with E-state index in [-0.39, 0.29) is 22.4 Å². The molecule has 1 atom stereocenters. The normalized spacial score (nSPS) is 18.5. The molecular formula is C28H32N2O5. The topological polar surface area (TPSA) is 92.0 Å². The first kappa shape index (κ1) is 23.4. The maximum atomic E-state index is 13.2. The van der Waals surface area contributed by atoms with Crippen LogP contribution in [0.15, 0.2) is 51.7 Å². The van der Waals surface area contributed by atoms with Crippen LogP contribution in [0.5, 0.6) is 0 Å². The fourth-order valence-electron chi connectivity index (χ4n) is 5.61. The van der Waals surface area contributed by atoms with Crippen molar-refractivity contribution in [3.8, 4) is 0 Å². The summed E-state index contributed by atoms with van der Waals surface area (Å²) in [5.41, 5.74) is 3.22. The molecule has 0 bridgehead atoms. The number of ether oxygens (including phenoxy) is 1. The molecule has 2 saturated heterocycles. The van der Waals surface area contributed by atoms with Crippen LogP contribution in [-0.4, -0.2) is 37.4 Å². The maximum Gasteiger partial charge on any atom is 0.337 e. The van der Waals surface area contributed by atoms with Gasteiger partial charge in [-0.3, -0.25) is 4.79 Å². The van der Waals surface area contributed by atoms with E-state index in [1.807, 2.05) is 26.0 Å². The monoisotopic (exact) mass is 476 g/mol. The molecule has 2 aromatic carbocycles. The van der Waals surface area contributed by atoms with E-state index in [0.717, 1.165) is 56.7 Å². The Morgan fingerprint density at radius 3 is 2.69 bits per heavy atom. The van der Waals surface area contributed by atoms with Gasteiger partial charge in [0, 0.05) is 43.6 Å². The highest BCUT2D eigenvalue weighted by Gasteiger charge is 2.37. The van der Waals surface area contributed by atoms with Crippen molar-refractivity contribution < 1.29 is 19.1 Å². The molecule has 3 aromatic rings. The number of hydrogen-bond acceptors (Lipinski definition) is 6. The molecule has 3 heterocycles. The fraction of sp³-hybridized carbons (Fsp3) is 0.429. The summed E-state index contributed by atoms with van der Waals surface area (Å²) >= 11 is 0. The number of para-hydroxylation sites is 1. The Bertz CT molecular complexity index is 1300. The highest BCUT2D eigenvalue weighted by molar-refractivity contribution is 5.94. The van der Waals surface area contributed by atoms with Crippen LogP contribution < -0.4 is 15.6 Å². The van der Waals surface area contributed by atoms with E-state index in [1.54, 1.807) is 30.3 Å². The van der Waals surface area contributed by atoms with Crippen molar-refractivity contribution in [3.63, 3.8) is 0 Å². The van der Waals surface area contributed by atoms with Gasteiger partial charge in [0.15, 0.2) is 11.3 Å². The first-order valence-electron chi connectivity index (χ1n) is 12.4. The zero-order valence-corrected chi connectivity index (χ0v) is 20.3. The van der Waals surface area contributed by atoms with Crippen LogP contribution in [0.3, 0.4) is 0 Å². The van der Waals surface area contributed by atoms with Gasteiger partial charge in [0.1, 0.15) is 5.58 Å². The number of fused-ring (bicyclic) bond motifs is 1. The third kappa shape index (κ3) is 4.65. The number of rotatable bonds is 5. The van der Waals surface area contributed by atoms with E-state index in [0.29, 0.717) is 22.5 Å². The maximum absolute atomic E-state index is 13.2. The molecule has 0 radical (unpaired) electrons. The van der Waals surface area contributed by atoms with Crippen LogP contribution >= 0.6 is 0 Å². The average molecular weight is 477 g/mol. The van der Waals surface area contributed by atoms with Crippen molar-refractivity contribution in [1.82, 2.24) is 0 Å². The van der Waals surface area contributed by atoms with Gasteiger partial charge in [0.2, 0.25) is 0 Å². The lowest BCUT2D eigenvalue weighted by Gasteiger charge is -2.45. The molecule has 7 heteroatoms. The largest absolute Gasteiger partial charge is 0.478 e. The smallest absolute Gasteiger partial charge is 0.337 e. The minimum Gasteiger partial charge on any atom is -0.478 e. The van der Waals surface area contributed by atoms with Gasteiger partial charge >= 0.3 is 5.97 Å². The molecule has 2 N–H and O–H groups in total. The van der Waals surface area contributed by atoms with Gasteiger partial charge in [-0.25, -0.2) is 4.79 Å². The second-order valence-corrected chi connectivity index (χ2v) is 10.0. The van der Waals surface area contributed by atoms with Gasteiger partial charge in [-0.1, -0.05) is 18.2 Å². The molecule has 2 aliphatic rings. The number of benzene rings is 2. The molecule has 0 saturated carbocycles. The van der Waals surface area contributed by atoms with Crippen LogP contribution in [0.4, 0.5) is 11.6 Å². The van der Waals surface area contributed by atoms with Crippen molar-refractivity contribution in [2.24, 2.45) is 5.41 Å². The van der Waals surface area contributed by atoms with Gasteiger partial charge in [-0.05, 0) is 68.7 Å². The molecular weight excluding hydrogens is 444 g/mol. The number of carbonyl (C=O) groups is 1. The fourth-order valence-corrected chi connectivity index (χ4v) is 5.61. The molecule has 0 aliphatic carbocycles. The zero-order chi connectivity index (χ0) is 24.6. The number of anilines is 2. The molecule has 184 valence electrons. The summed E-state index contributed by atoms with van der Waals surface area (Å²) in [5, 5.41) is 13.4. The van der Waals surface area contributed by atoms with Crippen LogP contribution in [0, 0.1) is 12.3 Å². The van der Waals surface area contributed by atoms with Crippen LogP contribution in [0.2, 0.25) is 0 Å². The second kappa shape index (κ2) is 9.38. The van der Waals surface area contributed by atoms with Gasteiger partial charge in [0.05, 0.1) is 17.0 Å². The van der Waals surface area contributed by atoms with Crippen LogP contribution in [0.1, 0.15) is 60.1 Å². The Labute approximate surface area is 204 Å². The third-order valence-corrected chi connectivity index (χ3v) is 7.51. The Morgan fingerprint density at radius 1 is 1.14 bits per heavy atom. The van der Waals surface area contributed by atoms with E-state index in [1.165, 1.54) is 6.42 Å². The second-order valence-electron chi connectivity index (χ2n) is 10.0. The number of nitrogens with zero attached hydrogens (tertiary/aromatic N) is 1. The van der Waals surface area contributed by atoms with Gasteiger partial charge < -0.3 is 24.5 Å². The van der Waals surface area contributed by atoms with Crippen LogP contribution in [0.25, 0.3) is 11.0 Å². The molecule has 1 spiro atoms. The number of piperidine rings is 1. The highest BCUT2D eigenvalue weighted by atomic mass is 16.5. The van der Waals surface area contributed by atoms with Gasteiger partial charge in [0.25, 0.3) is 0 Å². The number of aromatic carboxylic acids is 1. The van der Waals surface area contributed by atoms with E-state index >= 15 is 0 Å². The van der Waals surface area contributed by atoms with E-state index in [9.17, 15) is 14.7 Å². The highest BCUT2D eigenvalue weighted by Crippen LogP contribution is 2.41. The summed E-state index contributed by atoms with van der Waals surface area (Å²) < 4.78 is 12.1.